The summed E-state index contributed by atoms with van der Waals surface area (Å²) >= 11 is 0. The Labute approximate surface area is 116 Å². The van der Waals surface area contributed by atoms with Crippen molar-refractivity contribution in [3.8, 4) is 0 Å². The van der Waals surface area contributed by atoms with E-state index in [4.69, 9.17) is 5.73 Å². The second-order valence-corrected chi connectivity index (χ2v) is 6.84. The van der Waals surface area contributed by atoms with E-state index in [0.717, 1.165) is 32.5 Å². The Hall–Kier alpha value is -0.610. The van der Waals surface area contributed by atoms with Gasteiger partial charge in [0.25, 0.3) is 0 Å². The second-order valence-electron chi connectivity index (χ2n) is 6.84. The summed E-state index contributed by atoms with van der Waals surface area (Å²) in [4.78, 5) is 14.8. The summed E-state index contributed by atoms with van der Waals surface area (Å²) in [5.41, 5.74) is 6.31. The fourth-order valence-corrected chi connectivity index (χ4v) is 4.38. The molecule has 0 aromatic heterocycles. The lowest BCUT2D eigenvalue weighted by atomic mass is 9.65. The van der Waals surface area contributed by atoms with Gasteiger partial charge in [-0.25, -0.2) is 0 Å². The lowest BCUT2D eigenvalue weighted by molar-refractivity contribution is -0.139. The van der Waals surface area contributed by atoms with Gasteiger partial charge in [-0.15, -0.1) is 0 Å². The molecular weight excluding hydrogens is 238 g/mol. The minimum Gasteiger partial charge on any atom is -0.340 e. The molecule has 2 bridgehead atoms. The number of hydrogen-bond acceptors (Lipinski definition) is 3. The van der Waals surface area contributed by atoms with Gasteiger partial charge in [-0.2, -0.15) is 0 Å². The molecule has 3 rings (SSSR count). The zero-order chi connectivity index (χ0) is 13.4. The minimum absolute atomic E-state index is 0.250. The molecule has 1 aliphatic heterocycles. The smallest absolute Gasteiger partial charge is 0.225 e. The first-order valence-electron chi connectivity index (χ1n) is 7.93. The van der Waals surface area contributed by atoms with Gasteiger partial charge < -0.3 is 16.0 Å². The number of nitrogens with two attached hydrogens (primary N) is 1. The van der Waals surface area contributed by atoms with E-state index in [1.165, 1.54) is 19.3 Å². The zero-order valence-corrected chi connectivity index (χ0v) is 12.0. The first-order chi connectivity index (χ1) is 9.15. The maximum absolute atomic E-state index is 12.7. The Morgan fingerprint density at radius 3 is 2.58 bits per heavy atom. The highest BCUT2D eigenvalue weighted by Crippen LogP contribution is 2.42. The second kappa shape index (κ2) is 5.41. The van der Waals surface area contributed by atoms with Crippen molar-refractivity contribution in [3.05, 3.63) is 0 Å². The van der Waals surface area contributed by atoms with Crippen molar-refractivity contribution < 1.29 is 4.79 Å². The minimum atomic E-state index is 0.250. The molecule has 3 aliphatic rings. The van der Waals surface area contributed by atoms with Crippen LogP contribution in [0.1, 0.15) is 39.0 Å². The average molecular weight is 265 g/mol. The van der Waals surface area contributed by atoms with Gasteiger partial charge >= 0.3 is 0 Å². The van der Waals surface area contributed by atoms with Crippen LogP contribution in [0, 0.1) is 17.8 Å². The molecule has 1 saturated heterocycles. The summed E-state index contributed by atoms with van der Waals surface area (Å²) < 4.78 is 0. The molecule has 0 aromatic rings. The molecule has 3 N–H and O–H groups in total. The summed E-state index contributed by atoms with van der Waals surface area (Å²) in [5, 5.41) is 3.40. The van der Waals surface area contributed by atoms with E-state index < -0.39 is 0 Å². The van der Waals surface area contributed by atoms with Gasteiger partial charge in [0.15, 0.2) is 0 Å². The largest absolute Gasteiger partial charge is 0.340 e. The van der Waals surface area contributed by atoms with E-state index in [-0.39, 0.29) is 5.92 Å². The van der Waals surface area contributed by atoms with Crippen LogP contribution in [0.4, 0.5) is 0 Å². The summed E-state index contributed by atoms with van der Waals surface area (Å²) in [6.45, 7) is 4.84. The van der Waals surface area contributed by atoms with Gasteiger partial charge in [0.2, 0.25) is 5.91 Å². The normalized spacial score (nSPS) is 43.1. The number of nitrogens with one attached hydrogen (secondary N) is 1. The van der Waals surface area contributed by atoms with Crippen LogP contribution in [0.2, 0.25) is 0 Å². The number of nitrogens with zero attached hydrogens (tertiary/aromatic N) is 1. The first kappa shape index (κ1) is 13.4. The van der Waals surface area contributed by atoms with Crippen molar-refractivity contribution in [3.63, 3.8) is 0 Å². The Kier molecular flexibility index (Phi) is 3.81. The highest BCUT2D eigenvalue weighted by molar-refractivity contribution is 5.79. The van der Waals surface area contributed by atoms with Gasteiger partial charge in [-0.3, -0.25) is 4.79 Å². The molecule has 2 aliphatic carbocycles. The van der Waals surface area contributed by atoms with Crippen LogP contribution in [-0.2, 0) is 4.79 Å². The van der Waals surface area contributed by atoms with Crippen LogP contribution in [0.3, 0.4) is 0 Å². The molecule has 3 atom stereocenters. The van der Waals surface area contributed by atoms with Crippen molar-refractivity contribution >= 4 is 5.91 Å². The maximum atomic E-state index is 12.7. The van der Waals surface area contributed by atoms with Gasteiger partial charge in [0, 0.05) is 37.6 Å². The van der Waals surface area contributed by atoms with Gasteiger partial charge in [-0.05, 0) is 44.4 Å². The number of carbonyl (C=O) groups excluding carboxylic acids is 1. The first-order valence-corrected chi connectivity index (χ1v) is 7.93. The SMILES string of the molecule is CC1CN(C(=O)C2CC3CCCC(C2)C3N)CCN1. The highest BCUT2D eigenvalue weighted by atomic mass is 16.2. The number of carbonyl (C=O) groups is 1. The van der Waals surface area contributed by atoms with Crippen LogP contribution >= 0.6 is 0 Å². The van der Waals surface area contributed by atoms with Gasteiger partial charge in [-0.1, -0.05) is 6.42 Å². The third-order valence-corrected chi connectivity index (χ3v) is 5.44. The maximum Gasteiger partial charge on any atom is 0.225 e. The molecule has 1 amide bonds. The fourth-order valence-electron chi connectivity index (χ4n) is 4.38. The van der Waals surface area contributed by atoms with E-state index in [1.807, 2.05) is 0 Å². The third-order valence-electron chi connectivity index (χ3n) is 5.44. The van der Waals surface area contributed by atoms with Gasteiger partial charge in [0.05, 0.1) is 0 Å². The number of amides is 1. The lowest BCUT2D eigenvalue weighted by Crippen LogP contribution is -2.55. The van der Waals surface area contributed by atoms with E-state index >= 15 is 0 Å². The van der Waals surface area contributed by atoms with Crippen molar-refractivity contribution in [2.45, 2.75) is 51.1 Å². The van der Waals surface area contributed by atoms with Gasteiger partial charge in [0.1, 0.15) is 0 Å². The number of fused-ring (bicyclic) bond motifs is 2. The standard InChI is InChI=1S/C15H27N3O/c1-10-9-18(6-5-17-10)15(19)13-7-11-3-2-4-12(8-13)14(11)16/h10-14,17H,2-9,16H2,1H3. The molecule has 0 radical (unpaired) electrons. The molecule has 1 heterocycles. The molecule has 0 spiro atoms. The van der Waals surface area contributed by atoms with E-state index in [0.29, 0.717) is 29.8 Å². The number of rotatable bonds is 1. The molecule has 108 valence electrons. The fraction of sp³-hybridized carbons (Fsp3) is 0.933. The summed E-state index contributed by atoms with van der Waals surface area (Å²) in [6.07, 6.45) is 5.86. The molecule has 2 saturated carbocycles. The van der Waals surface area contributed by atoms with Crippen molar-refractivity contribution in [2.75, 3.05) is 19.6 Å². The van der Waals surface area contributed by atoms with Crippen LogP contribution in [0.25, 0.3) is 0 Å². The predicted molar refractivity (Wildman–Crippen MR) is 75.6 cm³/mol. The number of hydrogen-bond donors (Lipinski definition) is 2. The monoisotopic (exact) mass is 265 g/mol. The number of piperazine rings is 1. The Morgan fingerprint density at radius 1 is 1.26 bits per heavy atom. The molecule has 4 heteroatoms. The molecule has 3 unspecified atom stereocenters. The molecule has 19 heavy (non-hydrogen) atoms. The Morgan fingerprint density at radius 2 is 1.95 bits per heavy atom. The highest BCUT2D eigenvalue weighted by Gasteiger charge is 2.41. The molecular formula is C15H27N3O. The third kappa shape index (κ3) is 2.65. The summed E-state index contributed by atoms with van der Waals surface area (Å²) in [6, 6.07) is 0.794. The Balaban J connectivity index is 1.64. The van der Waals surface area contributed by atoms with Crippen LogP contribution < -0.4 is 11.1 Å². The van der Waals surface area contributed by atoms with Crippen molar-refractivity contribution in [2.24, 2.45) is 23.5 Å². The van der Waals surface area contributed by atoms with E-state index in [2.05, 4.69) is 17.1 Å². The van der Waals surface area contributed by atoms with Crippen molar-refractivity contribution in [1.29, 1.82) is 0 Å². The Bertz CT molecular complexity index is 332. The molecule has 4 nitrogen and oxygen atoms in total. The lowest BCUT2D eigenvalue weighted by Gasteiger charge is -2.45. The van der Waals surface area contributed by atoms with Crippen LogP contribution in [0.5, 0.6) is 0 Å². The zero-order valence-electron chi connectivity index (χ0n) is 12.0. The topological polar surface area (TPSA) is 58.4 Å². The summed E-state index contributed by atoms with van der Waals surface area (Å²) in [5.74, 6) is 1.85. The van der Waals surface area contributed by atoms with E-state index in [1.54, 1.807) is 0 Å². The molecule has 0 aromatic carbocycles. The van der Waals surface area contributed by atoms with Crippen molar-refractivity contribution in [1.82, 2.24) is 10.2 Å². The van der Waals surface area contributed by atoms with E-state index in [9.17, 15) is 4.79 Å². The summed E-state index contributed by atoms with van der Waals surface area (Å²) in [7, 11) is 0. The van der Waals surface area contributed by atoms with Crippen LogP contribution in [0.15, 0.2) is 0 Å². The predicted octanol–water partition coefficient (Wildman–Crippen LogP) is 0.960. The quantitative estimate of drug-likeness (QED) is 0.742. The average Bonchev–Trinajstić information content (AvgIpc) is 2.37. The molecule has 3 fully saturated rings. The van der Waals surface area contributed by atoms with Crippen LogP contribution in [-0.4, -0.2) is 42.5 Å².